The summed E-state index contributed by atoms with van der Waals surface area (Å²) in [4.78, 5) is 0. The fraction of sp³-hybridized carbons (Fsp3) is 1.00. The predicted octanol–water partition coefficient (Wildman–Crippen LogP) is 5.64. The SMILES string of the molecule is CCCN[C@@H](CC(CC)CCC)C(C)CCC(C)C. The minimum Gasteiger partial charge on any atom is -0.314 e. The summed E-state index contributed by atoms with van der Waals surface area (Å²) in [6, 6.07) is 0.732. The van der Waals surface area contributed by atoms with Crippen molar-refractivity contribution in [1.29, 1.82) is 0 Å². The molecule has 0 aliphatic rings. The van der Waals surface area contributed by atoms with Gasteiger partial charge in [-0.3, -0.25) is 0 Å². The van der Waals surface area contributed by atoms with Crippen LogP contribution in [0.15, 0.2) is 0 Å². The Labute approximate surface area is 122 Å². The molecule has 1 N–H and O–H groups in total. The van der Waals surface area contributed by atoms with Crippen LogP contribution < -0.4 is 5.32 Å². The number of hydrogen-bond acceptors (Lipinski definition) is 1. The Balaban J connectivity index is 4.32. The van der Waals surface area contributed by atoms with Crippen LogP contribution in [0.3, 0.4) is 0 Å². The molecule has 19 heavy (non-hydrogen) atoms. The summed E-state index contributed by atoms with van der Waals surface area (Å²) in [5.41, 5.74) is 0. The van der Waals surface area contributed by atoms with Crippen molar-refractivity contribution in [2.75, 3.05) is 6.54 Å². The summed E-state index contributed by atoms with van der Waals surface area (Å²) >= 11 is 0. The van der Waals surface area contributed by atoms with Crippen molar-refractivity contribution in [2.24, 2.45) is 17.8 Å². The second-order valence-corrected chi connectivity index (χ2v) is 6.81. The van der Waals surface area contributed by atoms with Crippen LogP contribution >= 0.6 is 0 Å². The largest absolute Gasteiger partial charge is 0.314 e. The molecule has 1 heteroatoms. The molecule has 0 saturated heterocycles. The predicted molar refractivity (Wildman–Crippen MR) is 88.6 cm³/mol. The van der Waals surface area contributed by atoms with Crippen molar-refractivity contribution in [3.05, 3.63) is 0 Å². The maximum Gasteiger partial charge on any atom is 0.00953 e. The number of rotatable bonds is 12. The van der Waals surface area contributed by atoms with Crippen LogP contribution in [-0.4, -0.2) is 12.6 Å². The first-order valence-corrected chi connectivity index (χ1v) is 8.78. The van der Waals surface area contributed by atoms with Gasteiger partial charge in [0.25, 0.3) is 0 Å². The molecule has 3 atom stereocenters. The molecule has 0 amide bonds. The maximum absolute atomic E-state index is 3.82. The van der Waals surface area contributed by atoms with Crippen molar-refractivity contribution in [1.82, 2.24) is 5.32 Å². The highest BCUT2D eigenvalue weighted by atomic mass is 14.9. The van der Waals surface area contributed by atoms with Gasteiger partial charge in [-0.2, -0.15) is 0 Å². The van der Waals surface area contributed by atoms with E-state index in [4.69, 9.17) is 0 Å². The quantitative estimate of drug-likeness (QED) is 0.483. The molecule has 0 aromatic heterocycles. The summed E-state index contributed by atoms with van der Waals surface area (Å²) in [7, 11) is 0. The van der Waals surface area contributed by atoms with Crippen LogP contribution in [0.4, 0.5) is 0 Å². The topological polar surface area (TPSA) is 12.0 Å². The second-order valence-electron chi connectivity index (χ2n) is 6.81. The molecule has 0 heterocycles. The monoisotopic (exact) mass is 269 g/mol. The number of nitrogens with one attached hydrogen (secondary N) is 1. The van der Waals surface area contributed by atoms with E-state index < -0.39 is 0 Å². The fourth-order valence-electron chi connectivity index (χ4n) is 2.90. The lowest BCUT2D eigenvalue weighted by atomic mass is 9.84. The summed E-state index contributed by atoms with van der Waals surface area (Å²) in [5.74, 6) is 2.58. The summed E-state index contributed by atoms with van der Waals surface area (Å²) < 4.78 is 0. The van der Waals surface area contributed by atoms with E-state index in [0.717, 1.165) is 23.8 Å². The molecule has 0 radical (unpaired) electrons. The lowest BCUT2D eigenvalue weighted by molar-refractivity contribution is 0.270. The van der Waals surface area contributed by atoms with Gasteiger partial charge in [0.05, 0.1) is 0 Å². The van der Waals surface area contributed by atoms with Crippen LogP contribution in [-0.2, 0) is 0 Å². The van der Waals surface area contributed by atoms with Gasteiger partial charge in [0, 0.05) is 6.04 Å². The highest BCUT2D eigenvalue weighted by molar-refractivity contribution is 4.77. The Hall–Kier alpha value is -0.0400. The Morgan fingerprint density at radius 3 is 2.00 bits per heavy atom. The lowest BCUT2D eigenvalue weighted by Gasteiger charge is -2.29. The van der Waals surface area contributed by atoms with Gasteiger partial charge in [-0.05, 0) is 43.6 Å². The van der Waals surface area contributed by atoms with Crippen LogP contribution in [0.1, 0.15) is 86.5 Å². The summed E-state index contributed by atoms with van der Waals surface area (Å²) in [6.07, 6.45) is 9.45. The summed E-state index contributed by atoms with van der Waals surface area (Å²) in [5, 5.41) is 3.82. The average Bonchev–Trinajstić information content (AvgIpc) is 2.39. The second kappa shape index (κ2) is 11.8. The van der Waals surface area contributed by atoms with E-state index >= 15 is 0 Å². The smallest absolute Gasteiger partial charge is 0.00953 e. The first-order valence-electron chi connectivity index (χ1n) is 8.78. The standard InChI is InChI=1S/C18H39N/c1-7-10-17(9-3)14-18(19-13-8-2)16(6)12-11-15(4)5/h15-19H,7-14H2,1-6H3/t16?,17?,18-/m0/s1. The van der Waals surface area contributed by atoms with Crippen LogP contribution in [0, 0.1) is 17.8 Å². The molecule has 0 fully saturated rings. The normalized spacial score (nSPS) is 16.6. The van der Waals surface area contributed by atoms with Gasteiger partial charge in [-0.25, -0.2) is 0 Å². The van der Waals surface area contributed by atoms with Gasteiger partial charge >= 0.3 is 0 Å². The van der Waals surface area contributed by atoms with Crippen molar-refractivity contribution in [2.45, 2.75) is 92.5 Å². The first-order chi connectivity index (χ1) is 9.04. The molecule has 0 saturated carbocycles. The van der Waals surface area contributed by atoms with Gasteiger partial charge < -0.3 is 5.32 Å². The molecular weight excluding hydrogens is 230 g/mol. The van der Waals surface area contributed by atoms with Crippen molar-refractivity contribution in [3.8, 4) is 0 Å². The minimum absolute atomic E-state index is 0.732. The van der Waals surface area contributed by atoms with Crippen LogP contribution in [0.25, 0.3) is 0 Å². The third kappa shape index (κ3) is 9.49. The first kappa shape index (κ1) is 19.0. The molecule has 2 unspecified atom stereocenters. The van der Waals surface area contributed by atoms with E-state index in [1.165, 1.54) is 51.5 Å². The maximum atomic E-state index is 3.82. The van der Waals surface area contributed by atoms with E-state index in [2.05, 4.69) is 46.9 Å². The Morgan fingerprint density at radius 2 is 1.53 bits per heavy atom. The van der Waals surface area contributed by atoms with E-state index in [9.17, 15) is 0 Å². The summed E-state index contributed by atoms with van der Waals surface area (Å²) in [6.45, 7) is 15.3. The molecule has 0 aliphatic heterocycles. The fourth-order valence-corrected chi connectivity index (χ4v) is 2.90. The molecule has 0 aromatic rings. The third-order valence-electron chi connectivity index (χ3n) is 4.40. The van der Waals surface area contributed by atoms with Gasteiger partial charge in [-0.1, -0.05) is 67.2 Å². The third-order valence-corrected chi connectivity index (χ3v) is 4.40. The van der Waals surface area contributed by atoms with Gasteiger partial charge in [0.2, 0.25) is 0 Å². The zero-order valence-electron chi connectivity index (χ0n) is 14.5. The van der Waals surface area contributed by atoms with Crippen molar-refractivity contribution in [3.63, 3.8) is 0 Å². The highest BCUT2D eigenvalue weighted by Gasteiger charge is 2.20. The molecule has 0 bridgehead atoms. The van der Waals surface area contributed by atoms with Crippen molar-refractivity contribution >= 4 is 0 Å². The zero-order chi connectivity index (χ0) is 14.7. The zero-order valence-corrected chi connectivity index (χ0v) is 14.5. The Kier molecular flexibility index (Phi) is 11.7. The van der Waals surface area contributed by atoms with Gasteiger partial charge in [0.15, 0.2) is 0 Å². The van der Waals surface area contributed by atoms with Crippen molar-refractivity contribution < 1.29 is 0 Å². The van der Waals surface area contributed by atoms with Gasteiger partial charge in [-0.15, -0.1) is 0 Å². The molecular formula is C18H39N. The Bertz CT molecular complexity index is 188. The highest BCUT2D eigenvalue weighted by Crippen LogP contribution is 2.24. The molecule has 116 valence electrons. The molecule has 0 spiro atoms. The van der Waals surface area contributed by atoms with Crippen LogP contribution in [0.2, 0.25) is 0 Å². The van der Waals surface area contributed by atoms with E-state index in [-0.39, 0.29) is 0 Å². The molecule has 1 nitrogen and oxygen atoms in total. The average molecular weight is 270 g/mol. The minimum atomic E-state index is 0.732. The molecule has 0 rings (SSSR count). The van der Waals surface area contributed by atoms with E-state index in [1.54, 1.807) is 0 Å². The Morgan fingerprint density at radius 1 is 0.842 bits per heavy atom. The van der Waals surface area contributed by atoms with E-state index in [0.29, 0.717) is 0 Å². The number of hydrogen-bond donors (Lipinski definition) is 1. The molecule has 0 aromatic carbocycles. The lowest BCUT2D eigenvalue weighted by Crippen LogP contribution is -2.37. The van der Waals surface area contributed by atoms with E-state index in [1.807, 2.05) is 0 Å². The van der Waals surface area contributed by atoms with Crippen LogP contribution in [0.5, 0.6) is 0 Å². The van der Waals surface area contributed by atoms with Gasteiger partial charge in [0.1, 0.15) is 0 Å². The molecule has 0 aliphatic carbocycles.